The summed E-state index contributed by atoms with van der Waals surface area (Å²) in [5.74, 6) is 0.827. The number of imidazole rings is 1. The number of aryl methyl sites for hydroxylation is 1. The molecule has 0 atom stereocenters. The Morgan fingerprint density at radius 3 is 2.92 bits per heavy atom. The van der Waals surface area contributed by atoms with Crippen LogP contribution in [-0.2, 0) is 13.1 Å². The quantitative estimate of drug-likeness (QED) is 0.391. The highest BCUT2D eigenvalue weighted by Gasteiger charge is 2.19. The molecule has 0 N–H and O–H groups in total. The van der Waals surface area contributed by atoms with Crippen LogP contribution in [0.25, 0.3) is 11.2 Å². The average Bonchev–Trinajstić information content (AvgIpc) is 2.98. The van der Waals surface area contributed by atoms with Gasteiger partial charge in [0.05, 0.1) is 6.54 Å². The summed E-state index contributed by atoms with van der Waals surface area (Å²) >= 11 is 2.22. The van der Waals surface area contributed by atoms with Crippen molar-refractivity contribution in [2.75, 3.05) is 6.54 Å². The van der Waals surface area contributed by atoms with Crippen molar-refractivity contribution < 1.29 is 4.79 Å². The first-order valence-electron chi connectivity index (χ1n) is 8.60. The Kier molecular flexibility index (Phi) is 6.03. The first kappa shape index (κ1) is 18.6. The monoisotopic (exact) mass is 460 g/mol. The highest BCUT2D eigenvalue weighted by atomic mass is 127. The maximum atomic E-state index is 13.0. The Bertz CT molecular complexity index is 934. The van der Waals surface area contributed by atoms with Crippen LogP contribution in [0.4, 0.5) is 0 Å². The molecule has 0 saturated heterocycles. The van der Waals surface area contributed by atoms with Gasteiger partial charge in [0.15, 0.2) is 5.65 Å². The zero-order chi connectivity index (χ0) is 18.5. The fraction of sp³-hybridized carbons (Fsp3) is 0.250. The molecule has 5 nitrogen and oxygen atoms in total. The summed E-state index contributed by atoms with van der Waals surface area (Å²) in [5.41, 5.74) is 2.40. The predicted octanol–water partition coefficient (Wildman–Crippen LogP) is 4.27. The molecule has 26 heavy (non-hydrogen) atoms. The van der Waals surface area contributed by atoms with Crippen molar-refractivity contribution in [2.45, 2.75) is 26.4 Å². The Morgan fingerprint density at radius 1 is 1.35 bits per heavy atom. The molecule has 1 aromatic carbocycles. The molecular formula is C20H21IN4O. The van der Waals surface area contributed by atoms with Crippen LogP contribution >= 0.6 is 22.6 Å². The van der Waals surface area contributed by atoms with E-state index in [2.05, 4.69) is 45.6 Å². The standard InChI is InChI=1S/C20H21IN4O/c1-3-11-24(20(26)15-7-5-8-16(21)13-15)14-18-23-17-9-6-10-22-19(17)25(18)12-4-2/h3,5-10,13H,1,4,11-12,14H2,2H3. The number of hydrogen-bond donors (Lipinski definition) is 0. The summed E-state index contributed by atoms with van der Waals surface area (Å²) < 4.78 is 3.14. The number of fused-ring (bicyclic) bond motifs is 1. The number of nitrogens with zero attached hydrogens (tertiary/aromatic N) is 4. The molecule has 0 aliphatic rings. The number of benzene rings is 1. The third kappa shape index (κ3) is 3.95. The normalized spacial score (nSPS) is 10.8. The SMILES string of the molecule is C=CCN(Cc1nc2cccnc2n1CCC)C(=O)c1cccc(I)c1. The van der Waals surface area contributed by atoms with Gasteiger partial charge in [-0.25, -0.2) is 9.97 Å². The minimum atomic E-state index is -0.0218. The van der Waals surface area contributed by atoms with Crippen molar-refractivity contribution in [1.82, 2.24) is 19.4 Å². The van der Waals surface area contributed by atoms with E-state index in [4.69, 9.17) is 4.98 Å². The van der Waals surface area contributed by atoms with E-state index < -0.39 is 0 Å². The van der Waals surface area contributed by atoms with E-state index in [1.54, 1.807) is 17.2 Å². The second kappa shape index (κ2) is 8.44. The van der Waals surface area contributed by atoms with Crippen molar-refractivity contribution in [1.29, 1.82) is 0 Å². The Morgan fingerprint density at radius 2 is 2.19 bits per heavy atom. The van der Waals surface area contributed by atoms with Crippen LogP contribution in [0.15, 0.2) is 55.3 Å². The van der Waals surface area contributed by atoms with Gasteiger partial charge in [-0.05, 0) is 59.3 Å². The van der Waals surface area contributed by atoms with E-state index in [1.165, 1.54) is 0 Å². The number of pyridine rings is 1. The molecule has 6 heteroatoms. The van der Waals surface area contributed by atoms with Gasteiger partial charge in [0, 0.05) is 28.4 Å². The highest BCUT2D eigenvalue weighted by Crippen LogP contribution is 2.18. The Balaban J connectivity index is 1.95. The van der Waals surface area contributed by atoms with Crippen LogP contribution in [0, 0.1) is 3.57 Å². The summed E-state index contributed by atoms with van der Waals surface area (Å²) in [5, 5.41) is 0. The maximum Gasteiger partial charge on any atom is 0.254 e. The number of amides is 1. The van der Waals surface area contributed by atoms with E-state index in [9.17, 15) is 4.79 Å². The van der Waals surface area contributed by atoms with Gasteiger partial charge in [-0.3, -0.25) is 4.79 Å². The molecule has 0 aliphatic heterocycles. The molecule has 0 spiro atoms. The van der Waals surface area contributed by atoms with E-state index >= 15 is 0 Å². The molecule has 2 aromatic heterocycles. The van der Waals surface area contributed by atoms with Gasteiger partial charge < -0.3 is 9.47 Å². The van der Waals surface area contributed by atoms with Gasteiger partial charge >= 0.3 is 0 Å². The molecule has 134 valence electrons. The lowest BCUT2D eigenvalue weighted by Gasteiger charge is -2.21. The minimum Gasteiger partial charge on any atom is -0.327 e. The third-order valence-electron chi connectivity index (χ3n) is 4.07. The molecular weight excluding hydrogens is 439 g/mol. The van der Waals surface area contributed by atoms with Crippen LogP contribution in [0.5, 0.6) is 0 Å². The predicted molar refractivity (Wildman–Crippen MR) is 112 cm³/mol. The minimum absolute atomic E-state index is 0.0218. The fourth-order valence-corrected chi connectivity index (χ4v) is 3.48. The zero-order valence-electron chi connectivity index (χ0n) is 14.7. The number of aromatic nitrogens is 3. The largest absolute Gasteiger partial charge is 0.327 e. The van der Waals surface area contributed by atoms with Crippen molar-refractivity contribution in [3.05, 3.63) is 70.2 Å². The molecule has 0 radical (unpaired) electrons. The van der Waals surface area contributed by atoms with Crippen LogP contribution in [0.1, 0.15) is 29.5 Å². The van der Waals surface area contributed by atoms with E-state index in [-0.39, 0.29) is 5.91 Å². The summed E-state index contributed by atoms with van der Waals surface area (Å²) in [6.45, 7) is 7.63. The molecule has 3 aromatic rings. The topological polar surface area (TPSA) is 51.0 Å². The maximum absolute atomic E-state index is 13.0. The first-order valence-corrected chi connectivity index (χ1v) is 9.67. The smallest absolute Gasteiger partial charge is 0.254 e. The average molecular weight is 460 g/mol. The fourth-order valence-electron chi connectivity index (χ4n) is 2.93. The van der Waals surface area contributed by atoms with Crippen LogP contribution < -0.4 is 0 Å². The number of carbonyl (C=O) groups is 1. The first-order chi connectivity index (χ1) is 12.6. The van der Waals surface area contributed by atoms with Crippen molar-refractivity contribution >= 4 is 39.7 Å². The summed E-state index contributed by atoms with van der Waals surface area (Å²) in [6, 6.07) is 11.5. The van der Waals surface area contributed by atoms with E-state index in [0.717, 1.165) is 33.5 Å². The summed E-state index contributed by atoms with van der Waals surface area (Å²) in [4.78, 5) is 23.9. The molecule has 0 aliphatic carbocycles. The van der Waals surface area contributed by atoms with E-state index in [0.29, 0.717) is 18.7 Å². The Hall–Kier alpha value is -2.22. The lowest BCUT2D eigenvalue weighted by atomic mass is 10.2. The van der Waals surface area contributed by atoms with Gasteiger partial charge in [-0.1, -0.05) is 19.1 Å². The number of carbonyl (C=O) groups excluding carboxylic acids is 1. The number of hydrogen-bond acceptors (Lipinski definition) is 3. The lowest BCUT2D eigenvalue weighted by molar-refractivity contribution is 0.0757. The van der Waals surface area contributed by atoms with Gasteiger partial charge in [0.2, 0.25) is 0 Å². The van der Waals surface area contributed by atoms with E-state index in [1.807, 2.05) is 36.4 Å². The molecule has 0 bridgehead atoms. The molecule has 0 unspecified atom stereocenters. The van der Waals surface area contributed by atoms with Gasteiger partial charge in [0.1, 0.15) is 11.3 Å². The number of rotatable bonds is 7. The molecule has 0 fully saturated rings. The lowest BCUT2D eigenvalue weighted by Crippen LogP contribution is -2.32. The van der Waals surface area contributed by atoms with Crippen LogP contribution in [0.2, 0.25) is 0 Å². The molecule has 3 rings (SSSR count). The second-order valence-electron chi connectivity index (χ2n) is 6.01. The van der Waals surface area contributed by atoms with Gasteiger partial charge in [-0.2, -0.15) is 0 Å². The summed E-state index contributed by atoms with van der Waals surface area (Å²) in [7, 11) is 0. The number of halogens is 1. The zero-order valence-corrected chi connectivity index (χ0v) is 16.9. The van der Waals surface area contributed by atoms with Gasteiger partial charge in [-0.15, -0.1) is 6.58 Å². The molecule has 1 amide bonds. The third-order valence-corrected chi connectivity index (χ3v) is 4.74. The summed E-state index contributed by atoms with van der Waals surface area (Å²) in [6.07, 6.45) is 4.50. The molecule has 0 saturated carbocycles. The Labute approximate surface area is 166 Å². The van der Waals surface area contributed by atoms with Crippen LogP contribution in [-0.4, -0.2) is 31.9 Å². The highest BCUT2D eigenvalue weighted by molar-refractivity contribution is 14.1. The van der Waals surface area contributed by atoms with Crippen LogP contribution in [0.3, 0.4) is 0 Å². The van der Waals surface area contributed by atoms with Crippen molar-refractivity contribution in [2.24, 2.45) is 0 Å². The van der Waals surface area contributed by atoms with Gasteiger partial charge in [0.25, 0.3) is 5.91 Å². The van der Waals surface area contributed by atoms with Crippen molar-refractivity contribution in [3.63, 3.8) is 0 Å². The molecule has 2 heterocycles. The van der Waals surface area contributed by atoms with Crippen molar-refractivity contribution in [3.8, 4) is 0 Å². The second-order valence-corrected chi connectivity index (χ2v) is 7.26.